The van der Waals surface area contributed by atoms with Gasteiger partial charge in [0.1, 0.15) is 16.5 Å². The summed E-state index contributed by atoms with van der Waals surface area (Å²) < 4.78 is 45.3. The maximum Gasteiger partial charge on any atom is 0.335 e. The fraction of sp³-hybridized carbons (Fsp3) is 0.154. The number of sulfonamides is 1. The molecule has 1 atom stereocenters. The summed E-state index contributed by atoms with van der Waals surface area (Å²) in [5, 5.41) is 8.73. The van der Waals surface area contributed by atoms with Crippen LogP contribution in [0.1, 0.15) is 29.1 Å². The molecule has 0 aliphatic carbocycles. The fourth-order valence-corrected chi connectivity index (χ4v) is 3.02. The van der Waals surface area contributed by atoms with Crippen LogP contribution in [-0.2, 0) is 10.0 Å². The van der Waals surface area contributed by atoms with Crippen molar-refractivity contribution in [1.29, 1.82) is 0 Å². The van der Waals surface area contributed by atoms with Crippen LogP contribution in [0.2, 0.25) is 0 Å². The lowest BCUT2D eigenvalue weighted by Crippen LogP contribution is -2.27. The number of hydrogen-bond donors (Lipinski definition) is 2. The molecule has 2 aromatic rings. The van der Waals surface area contributed by atoms with Gasteiger partial charge in [-0.05, 0) is 37.3 Å². The Morgan fingerprint density at radius 1 is 1.38 bits per heavy atom. The predicted octanol–water partition coefficient (Wildman–Crippen LogP) is 2.16. The zero-order valence-corrected chi connectivity index (χ0v) is 11.7. The number of rotatable bonds is 5. The number of carbonyl (C=O) groups is 1. The number of benzene rings is 1. The van der Waals surface area contributed by atoms with Gasteiger partial charge in [-0.25, -0.2) is 22.3 Å². The second kappa shape index (κ2) is 5.66. The maximum absolute atomic E-state index is 13.8. The Morgan fingerprint density at radius 2 is 2.10 bits per heavy atom. The summed E-state index contributed by atoms with van der Waals surface area (Å²) in [4.78, 5) is 10.1. The van der Waals surface area contributed by atoms with Crippen LogP contribution in [0.15, 0.2) is 45.9 Å². The van der Waals surface area contributed by atoms with E-state index in [-0.39, 0.29) is 5.56 Å². The summed E-state index contributed by atoms with van der Waals surface area (Å²) in [6.07, 6.45) is 1.39. The molecule has 0 saturated carbocycles. The molecule has 1 heterocycles. The lowest BCUT2D eigenvalue weighted by molar-refractivity contribution is 0.0696. The third-order valence-corrected chi connectivity index (χ3v) is 4.34. The van der Waals surface area contributed by atoms with Gasteiger partial charge in [-0.3, -0.25) is 0 Å². The van der Waals surface area contributed by atoms with Gasteiger partial charge in [0.15, 0.2) is 0 Å². The lowest BCUT2D eigenvalue weighted by Gasteiger charge is -2.12. The summed E-state index contributed by atoms with van der Waals surface area (Å²) in [5.41, 5.74) is -0.328. The molecule has 2 N–H and O–H groups in total. The SMILES string of the molecule is C[C@H](NS(=O)(=O)c1ccc(C(=O)O)cc1F)c1ccco1. The normalized spacial score (nSPS) is 13.0. The Balaban J connectivity index is 2.29. The molecular weight excluding hydrogens is 301 g/mol. The van der Waals surface area contributed by atoms with Crippen LogP contribution in [-0.4, -0.2) is 19.5 Å². The number of hydrogen-bond acceptors (Lipinski definition) is 4. The highest BCUT2D eigenvalue weighted by molar-refractivity contribution is 7.89. The smallest absolute Gasteiger partial charge is 0.335 e. The average Bonchev–Trinajstić information content (AvgIpc) is 2.91. The van der Waals surface area contributed by atoms with E-state index < -0.39 is 32.7 Å². The Bertz CT molecular complexity index is 755. The second-order valence-corrected chi connectivity index (χ2v) is 5.99. The Labute approximate surface area is 120 Å². The van der Waals surface area contributed by atoms with Crippen molar-refractivity contribution in [2.45, 2.75) is 17.9 Å². The lowest BCUT2D eigenvalue weighted by atomic mass is 10.2. The van der Waals surface area contributed by atoms with Crippen molar-refractivity contribution in [2.75, 3.05) is 0 Å². The third kappa shape index (κ3) is 3.29. The number of furan rings is 1. The first-order valence-electron chi connectivity index (χ1n) is 5.90. The minimum Gasteiger partial charge on any atom is -0.478 e. The maximum atomic E-state index is 13.8. The van der Waals surface area contributed by atoms with Gasteiger partial charge in [0, 0.05) is 0 Å². The van der Waals surface area contributed by atoms with Crippen LogP contribution >= 0.6 is 0 Å². The summed E-state index contributed by atoms with van der Waals surface area (Å²) in [6.45, 7) is 1.54. The van der Waals surface area contributed by atoms with Crippen molar-refractivity contribution in [2.24, 2.45) is 0 Å². The molecule has 0 amide bonds. The van der Waals surface area contributed by atoms with Crippen molar-refractivity contribution in [3.05, 3.63) is 53.7 Å². The van der Waals surface area contributed by atoms with Crippen molar-refractivity contribution in [3.63, 3.8) is 0 Å². The van der Waals surface area contributed by atoms with E-state index in [2.05, 4.69) is 4.72 Å². The van der Waals surface area contributed by atoms with Gasteiger partial charge in [0.25, 0.3) is 0 Å². The van der Waals surface area contributed by atoms with E-state index in [4.69, 9.17) is 9.52 Å². The van der Waals surface area contributed by atoms with Crippen LogP contribution in [0, 0.1) is 5.82 Å². The zero-order chi connectivity index (χ0) is 15.6. The highest BCUT2D eigenvalue weighted by Gasteiger charge is 2.24. The van der Waals surface area contributed by atoms with Crippen molar-refractivity contribution < 1.29 is 27.1 Å². The van der Waals surface area contributed by atoms with Gasteiger partial charge in [-0.2, -0.15) is 0 Å². The minimum atomic E-state index is -4.14. The van der Waals surface area contributed by atoms with E-state index in [9.17, 15) is 17.6 Å². The molecule has 2 rings (SSSR count). The monoisotopic (exact) mass is 313 g/mol. The number of halogens is 1. The first-order chi connectivity index (χ1) is 9.81. The molecule has 0 unspecified atom stereocenters. The van der Waals surface area contributed by atoms with Gasteiger partial charge in [0.05, 0.1) is 17.9 Å². The molecule has 1 aromatic carbocycles. The Kier molecular flexibility index (Phi) is 4.10. The number of carboxylic acids is 1. The highest BCUT2D eigenvalue weighted by atomic mass is 32.2. The first-order valence-corrected chi connectivity index (χ1v) is 7.38. The molecule has 0 aliphatic heterocycles. The van der Waals surface area contributed by atoms with Gasteiger partial charge in [0.2, 0.25) is 10.0 Å². The van der Waals surface area contributed by atoms with E-state index in [1.807, 2.05) is 0 Å². The minimum absolute atomic E-state index is 0.328. The van der Waals surface area contributed by atoms with E-state index in [1.54, 1.807) is 19.1 Å². The fourth-order valence-electron chi connectivity index (χ4n) is 1.74. The Hall–Kier alpha value is -2.19. The van der Waals surface area contributed by atoms with E-state index in [0.29, 0.717) is 11.8 Å². The van der Waals surface area contributed by atoms with E-state index >= 15 is 0 Å². The van der Waals surface area contributed by atoms with Crippen molar-refractivity contribution >= 4 is 16.0 Å². The predicted molar refractivity (Wildman–Crippen MR) is 70.8 cm³/mol. The molecule has 0 radical (unpaired) electrons. The topological polar surface area (TPSA) is 96.6 Å². The molecule has 0 aliphatic rings. The van der Waals surface area contributed by atoms with Crippen molar-refractivity contribution in [3.8, 4) is 0 Å². The summed E-state index contributed by atoms with van der Waals surface area (Å²) in [6, 6.07) is 5.09. The van der Waals surface area contributed by atoms with E-state index in [0.717, 1.165) is 12.1 Å². The van der Waals surface area contributed by atoms with Gasteiger partial charge in [-0.1, -0.05) is 0 Å². The zero-order valence-electron chi connectivity index (χ0n) is 10.9. The summed E-state index contributed by atoms with van der Waals surface area (Å²) in [5.74, 6) is -2.09. The molecule has 112 valence electrons. The molecule has 0 spiro atoms. The Morgan fingerprint density at radius 3 is 2.62 bits per heavy atom. The number of aromatic carboxylic acids is 1. The second-order valence-electron chi connectivity index (χ2n) is 4.31. The van der Waals surface area contributed by atoms with Crippen molar-refractivity contribution in [1.82, 2.24) is 4.72 Å². The standard InChI is InChI=1S/C13H12FNO5S/c1-8(11-3-2-6-20-11)15-21(18,19)12-5-4-9(13(16)17)7-10(12)14/h2-8,15H,1H3,(H,16,17)/t8-/m0/s1. The molecule has 0 bridgehead atoms. The molecule has 0 fully saturated rings. The quantitative estimate of drug-likeness (QED) is 0.881. The molecule has 6 nitrogen and oxygen atoms in total. The summed E-state index contributed by atoms with van der Waals surface area (Å²) >= 11 is 0. The van der Waals surface area contributed by atoms with Gasteiger partial charge >= 0.3 is 5.97 Å². The van der Waals surface area contributed by atoms with Gasteiger partial charge in [-0.15, -0.1) is 0 Å². The van der Waals surface area contributed by atoms with Crippen LogP contribution in [0.4, 0.5) is 4.39 Å². The van der Waals surface area contributed by atoms with Crippen LogP contribution in [0.25, 0.3) is 0 Å². The van der Waals surface area contributed by atoms with Crippen LogP contribution in [0.3, 0.4) is 0 Å². The molecule has 0 saturated heterocycles. The number of nitrogens with one attached hydrogen (secondary N) is 1. The number of carboxylic acid groups (broad SMARTS) is 1. The molecular formula is C13H12FNO5S. The highest BCUT2D eigenvalue weighted by Crippen LogP contribution is 2.20. The summed E-state index contributed by atoms with van der Waals surface area (Å²) in [7, 11) is -4.14. The molecule has 8 heteroatoms. The first kappa shape index (κ1) is 15.2. The van der Waals surface area contributed by atoms with Crippen LogP contribution in [0.5, 0.6) is 0 Å². The molecule has 1 aromatic heterocycles. The van der Waals surface area contributed by atoms with Gasteiger partial charge < -0.3 is 9.52 Å². The van der Waals surface area contributed by atoms with Crippen LogP contribution < -0.4 is 4.72 Å². The average molecular weight is 313 g/mol. The van der Waals surface area contributed by atoms with E-state index in [1.165, 1.54) is 6.26 Å². The largest absolute Gasteiger partial charge is 0.478 e. The molecule has 21 heavy (non-hydrogen) atoms. The third-order valence-electron chi connectivity index (χ3n) is 2.77.